The first-order chi connectivity index (χ1) is 11.2. The van der Waals surface area contributed by atoms with Crippen LogP contribution in [0, 0.1) is 0 Å². The number of carbonyl (C=O) groups excluding carboxylic acids is 1. The first-order valence-corrected chi connectivity index (χ1v) is 8.01. The summed E-state index contributed by atoms with van der Waals surface area (Å²) < 4.78 is 0. The predicted molar refractivity (Wildman–Crippen MR) is 93.3 cm³/mol. The zero-order valence-corrected chi connectivity index (χ0v) is 13.0. The lowest BCUT2D eigenvalue weighted by molar-refractivity contribution is -0.119. The van der Waals surface area contributed by atoms with E-state index in [9.17, 15) is 4.79 Å². The van der Waals surface area contributed by atoms with Crippen molar-refractivity contribution in [3.63, 3.8) is 0 Å². The molecule has 4 heteroatoms. The Bertz CT molecular complexity index is 800. The van der Waals surface area contributed by atoms with Gasteiger partial charge in [0, 0.05) is 38.0 Å². The molecule has 1 aliphatic carbocycles. The van der Waals surface area contributed by atoms with Gasteiger partial charge in [-0.1, -0.05) is 12.1 Å². The summed E-state index contributed by atoms with van der Waals surface area (Å²) in [6.45, 7) is 1.58. The zero-order valence-electron chi connectivity index (χ0n) is 13.0. The quantitative estimate of drug-likeness (QED) is 0.702. The second kappa shape index (κ2) is 5.54. The molecule has 116 valence electrons. The zero-order chi connectivity index (χ0) is 15.8. The minimum absolute atomic E-state index is 0.358. The molecule has 2 N–H and O–H groups in total. The molecule has 4 nitrogen and oxygen atoms in total. The number of pyridine rings is 1. The number of nitrogens with two attached hydrogens (primary N) is 1. The van der Waals surface area contributed by atoms with Gasteiger partial charge in [0.05, 0.1) is 17.6 Å². The molecule has 0 atom stereocenters. The van der Waals surface area contributed by atoms with E-state index in [4.69, 9.17) is 5.73 Å². The van der Waals surface area contributed by atoms with Crippen LogP contribution in [0.25, 0.3) is 12.2 Å². The first-order valence-electron chi connectivity index (χ1n) is 8.01. The van der Waals surface area contributed by atoms with E-state index in [2.05, 4.69) is 34.2 Å². The molecule has 2 heterocycles. The van der Waals surface area contributed by atoms with Crippen molar-refractivity contribution in [1.82, 2.24) is 4.98 Å². The molecule has 1 fully saturated rings. The number of Topliss-reactive ketones (excluding diaryl/α,β-unsaturated/α-hetero) is 1. The molecule has 2 aliphatic rings. The van der Waals surface area contributed by atoms with Crippen molar-refractivity contribution >= 4 is 29.3 Å². The lowest BCUT2D eigenvalue weighted by Crippen LogP contribution is -2.33. The maximum Gasteiger partial charge on any atom is 0.136 e. The van der Waals surface area contributed by atoms with E-state index >= 15 is 0 Å². The molecule has 0 spiro atoms. The molecule has 1 aromatic carbocycles. The van der Waals surface area contributed by atoms with Crippen LogP contribution in [0.4, 0.5) is 11.4 Å². The monoisotopic (exact) mass is 305 g/mol. The highest BCUT2D eigenvalue weighted by atomic mass is 16.1. The fraction of sp³-hybridized carbons (Fsp3) is 0.263. The molecule has 1 saturated heterocycles. The van der Waals surface area contributed by atoms with Crippen LogP contribution in [-0.2, 0) is 11.2 Å². The van der Waals surface area contributed by atoms with Crippen LogP contribution in [0.5, 0.6) is 0 Å². The van der Waals surface area contributed by atoms with E-state index in [1.807, 2.05) is 18.3 Å². The number of hydrogen-bond acceptors (Lipinski definition) is 4. The number of nitrogen functional groups attached to an aromatic ring is 1. The lowest BCUT2D eigenvalue weighted by atomic mass is 10.0. The molecule has 4 rings (SSSR count). The van der Waals surface area contributed by atoms with Gasteiger partial charge in [0.15, 0.2) is 0 Å². The molecule has 2 aromatic rings. The molecule has 0 bridgehead atoms. The van der Waals surface area contributed by atoms with Crippen molar-refractivity contribution in [2.24, 2.45) is 0 Å². The van der Waals surface area contributed by atoms with E-state index in [0.717, 1.165) is 36.6 Å². The third-order valence-electron chi connectivity index (χ3n) is 4.64. The van der Waals surface area contributed by atoms with E-state index in [1.54, 1.807) is 0 Å². The summed E-state index contributed by atoms with van der Waals surface area (Å²) in [5.41, 5.74) is 12.5. The Labute approximate surface area is 135 Å². The predicted octanol–water partition coefficient (Wildman–Crippen LogP) is 2.91. The van der Waals surface area contributed by atoms with Crippen LogP contribution < -0.4 is 10.6 Å². The first kappa shape index (κ1) is 14.0. The Morgan fingerprint density at radius 2 is 1.87 bits per heavy atom. The number of piperidine rings is 1. The summed E-state index contributed by atoms with van der Waals surface area (Å²) >= 11 is 0. The molecule has 23 heavy (non-hydrogen) atoms. The Balaban J connectivity index is 1.68. The van der Waals surface area contributed by atoms with Gasteiger partial charge in [-0.05, 0) is 41.0 Å². The van der Waals surface area contributed by atoms with E-state index < -0.39 is 0 Å². The van der Waals surface area contributed by atoms with Crippen molar-refractivity contribution in [2.45, 2.75) is 19.3 Å². The molecule has 1 aliphatic heterocycles. The average Bonchev–Trinajstić information content (AvgIpc) is 2.73. The topological polar surface area (TPSA) is 59.2 Å². The minimum Gasteiger partial charge on any atom is -0.399 e. The number of anilines is 2. The van der Waals surface area contributed by atoms with Crippen LogP contribution >= 0.6 is 0 Å². The van der Waals surface area contributed by atoms with Crippen LogP contribution in [-0.4, -0.2) is 23.9 Å². The van der Waals surface area contributed by atoms with Crippen molar-refractivity contribution in [3.8, 4) is 0 Å². The maximum atomic E-state index is 11.4. The summed E-state index contributed by atoms with van der Waals surface area (Å²) in [6.07, 6.45) is 8.19. The number of hydrogen-bond donors (Lipinski definition) is 1. The van der Waals surface area contributed by atoms with Crippen molar-refractivity contribution in [3.05, 3.63) is 52.8 Å². The van der Waals surface area contributed by atoms with Gasteiger partial charge in [-0.25, -0.2) is 0 Å². The second-order valence-electron chi connectivity index (χ2n) is 6.23. The van der Waals surface area contributed by atoms with Gasteiger partial charge in [0.2, 0.25) is 0 Å². The van der Waals surface area contributed by atoms with Gasteiger partial charge in [0.25, 0.3) is 0 Å². The smallest absolute Gasteiger partial charge is 0.136 e. The van der Waals surface area contributed by atoms with E-state index in [1.165, 1.54) is 16.7 Å². The molecule has 0 radical (unpaired) electrons. The standard InChI is InChI=1S/C19H19N3O/c20-16-3-1-13-2-4-19-15(9-14(13)10-16)11-17(12-21-19)22-7-5-18(23)6-8-22/h1-4,10-12H,5-9,20H2. The van der Waals surface area contributed by atoms with Gasteiger partial charge < -0.3 is 10.6 Å². The molecular weight excluding hydrogens is 286 g/mol. The van der Waals surface area contributed by atoms with Gasteiger partial charge >= 0.3 is 0 Å². The molecular formula is C19H19N3O. The second-order valence-corrected chi connectivity index (χ2v) is 6.23. The van der Waals surface area contributed by atoms with Crippen molar-refractivity contribution in [1.29, 1.82) is 0 Å². The normalized spacial score (nSPS) is 16.7. The number of ketones is 1. The summed E-state index contributed by atoms with van der Waals surface area (Å²) in [7, 11) is 0. The number of rotatable bonds is 1. The number of carbonyl (C=O) groups is 1. The Kier molecular flexibility index (Phi) is 3.37. The molecule has 1 aromatic heterocycles. The van der Waals surface area contributed by atoms with Gasteiger partial charge in [-0.3, -0.25) is 9.78 Å². The van der Waals surface area contributed by atoms with Crippen LogP contribution in [0.15, 0.2) is 30.5 Å². The Morgan fingerprint density at radius 1 is 1.04 bits per heavy atom. The minimum atomic E-state index is 0.358. The largest absolute Gasteiger partial charge is 0.399 e. The van der Waals surface area contributed by atoms with Crippen LogP contribution in [0.2, 0.25) is 0 Å². The highest BCUT2D eigenvalue weighted by Gasteiger charge is 2.18. The van der Waals surface area contributed by atoms with E-state index in [0.29, 0.717) is 18.6 Å². The molecule has 0 unspecified atom stereocenters. The SMILES string of the molecule is Nc1ccc2c(c1)Cc1cc(N3CCC(=O)CC3)cnc1C=C2. The highest BCUT2D eigenvalue weighted by Crippen LogP contribution is 2.28. The average molecular weight is 305 g/mol. The fourth-order valence-electron chi connectivity index (χ4n) is 3.30. The lowest BCUT2D eigenvalue weighted by Gasteiger charge is -2.28. The third kappa shape index (κ3) is 2.72. The van der Waals surface area contributed by atoms with Crippen molar-refractivity contribution < 1.29 is 4.79 Å². The Morgan fingerprint density at radius 3 is 2.70 bits per heavy atom. The van der Waals surface area contributed by atoms with Gasteiger partial charge in [-0.15, -0.1) is 0 Å². The van der Waals surface area contributed by atoms with Crippen LogP contribution in [0.1, 0.15) is 35.2 Å². The van der Waals surface area contributed by atoms with Crippen molar-refractivity contribution in [2.75, 3.05) is 23.7 Å². The Hall–Kier alpha value is -2.62. The number of aromatic nitrogens is 1. The van der Waals surface area contributed by atoms with Crippen LogP contribution in [0.3, 0.4) is 0 Å². The summed E-state index contributed by atoms with van der Waals surface area (Å²) in [4.78, 5) is 18.3. The summed E-state index contributed by atoms with van der Waals surface area (Å²) in [5.74, 6) is 0.358. The maximum absolute atomic E-state index is 11.4. The highest BCUT2D eigenvalue weighted by molar-refractivity contribution is 5.81. The third-order valence-corrected chi connectivity index (χ3v) is 4.64. The number of nitrogens with zero attached hydrogens (tertiary/aromatic N) is 2. The summed E-state index contributed by atoms with van der Waals surface area (Å²) in [6, 6.07) is 8.24. The molecule has 0 amide bonds. The van der Waals surface area contributed by atoms with Gasteiger partial charge in [-0.2, -0.15) is 0 Å². The number of benzene rings is 1. The van der Waals surface area contributed by atoms with E-state index in [-0.39, 0.29) is 0 Å². The molecule has 0 saturated carbocycles. The number of fused-ring (bicyclic) bond motifs is 2. The fourth-order valence-corrected chi connectivity index (χ4v) is 3.30. The summed E-state index contributed by atoms with van der Waals surface area (Å²) in [5, 5.41) is 0. The van der Waals surface area contributed by atoms with Gasteiger partial charge in [0.1, 0.15) is 5.78 Å².